The maximum atomic E-state index is 4.84. The first-order valence-electron chi connectivity index (χ1n) is 10.2. The first-order valence-corrected chi connectivity index (χ1v) is 10.2. The van der Waals surface area contributed by atoms with Crippen molar-refractivity contribution in [1.29, 1.82) is 0 Å². The minimum atomic E-state index is 1.10. The third-order valence-electron chi connectivity index (χ3n) is 6.28. The van der Waals surface area contributed by atoms with Crippen LogP contribution in [0, 0.1) is 27.7 Å². The molecule has 2 heteroatoms. The fraction of sp³-hybridized carbons (Fsp3) is 0.148. The van der Waals surface area contributed by atoms with Gasteiger partial charge in [0.25, 0.3) is 0 Å². The van der Waals surface area contributed by atoms with Gasteiger partial charge in [-0.1, -0.05) is 53.6 Å². The Morgan fingerprint density at radius 1 is 0.655 bits per heavy atom. The van der Waals surface area contributed by atoms with Crippen molar-refractivity contribution in [1.82, 2.24) is 9.55 Å². The Morgan fingerprint density at radius 3 is 2.21 bits per heavy atom. The van der Waals surface area contributed by atoms with E-state index in [0.29, 0.717) is 0 Å². The van der Waals surface area contributed by atoms with Crippen molar-refractivity contribution in [2.24, 2.45) is 0 Å². The van der Waals surface area contributed by atoms with Crippen LogP contribution in [0.3, 0.4) is 0 Å². The Labute approximate surface area is 169 Å². The molecule has 0 bridgehead atoms. The van der Waals surface area contributed by atoms with E-state index < -0.39 is 0 Å². The van der Waals surface area contributed by atoms with Crippen LogP contribution in [0.25, 0.3) is 49.2 Å². The summed E-state index contributed by atoms with van der Waals surface area (Å²) in [4.78, 5) is 4.84. The van der Waals surface area contributed by atoms with Gasteiger partial charge in [-0.3, -0.25) is 4.98 Å². The fourth-order valence-electron chi connectivity index (χ4n) is 5.29. The average molecular weight is 374 g/mol. The molecule has 6 aromatic rings. The molecule has 2 heterocycles. The number of hydrogen-bond donors (Lipinski definition) is 0. The maximum absolute atomic E-state index is 4.84. The molecular weight excluding hydrogens is 352 g/mol. The second-order valence-electron chi connectivity index (χ2n) is 8.39. The largest absolute Gasteiger partial charge is 0.309 e. The summed E-state index contributed by atoms with van der Waals surface area (Å²) in [6.07, 6.45) is 1.96. The molecule has 0 saturated heterocycles. The molecule has 0 aliphatic carbocycles. The third kappa shape index (κ3) is 2.09. The number of aryl methyl sites for hydroxylation is 4. The Bertz CT molecular complexity index is 1560. The lowest BCUT2D eigenvalue weighted by Crippen LogP contribution is -2.00. The van der Waals surface area contributed by atoms with Gasteiger partial charge >= 0.3 is 0 Å². The SMILES string of the molecule is Cc1cc(C)c(-n2c3cccc4c5cc(C)ccc5c5nccc2c5c43)c(C)c1. The summed E-state index contributed by atoms with van der Waals surface area (Å²) in [5.74, 6) is 0. The maximum Gasteiger partial charge on any atom is 0.0808 e. The first kappa shape index (κ1) is 16.6. The van der Waals surface area contributed by atoms with Crippen LogP contribution in [0.4, 0.5) is 0 Å². The lowest BCUT2D eigenvalue weighted by atomic mass is 9.96. The standard InChI is InChI=1S/C27H22N2/c1-15-8-9-20-21(14-15)19-6-5-7-22-24(19)25-23(10-11-28-26(20)25)29(22)27-17(3)12-16(2)13-18(27)4/h5-14H,1-4H3. The van der Waals surface area contributed by atoms with Crippen LogP contribution in [-0.2, 0) is 0 Å². The summed E-state index contributed by atoms with van der Waals surface area (Å²) in [6.45, 7) is 8.77. The Hall–Kier alpha value is -3.39. The minimum Gasteiger partial charge on any atom is -0.309 e. The lowest BCUT2D eigenvalue weighted by molar-refractivity contribution is 1.11. The molecule has 6 rings (SSSR count). The van der Waals surface area contributed by atoms with Crippen molar-refractivity contribution in [3.05, 3.63) is 83.0 Å². The highest BCUT2D eigenvalue weighted by molar-refractivity contribution is 6.33. The zero-order valence-corrected chi connectivity index (χ0v) is 17.2. The number of nitrogens with zero attached hydrogens (tertiary/aromatic N) is 2. The van der Waals surface area contributed by atoms with E-state index in [0.717, 1.165) is 5.52 Å². The van der Waals surface area contributed by atoms with Crippen LogP contribution in [0.1, 0.15) is 22.3 Å². The molecule has 0 aliphatic heterocycles. The summed E-state index contributed by atoms with van der Waals surface area (Å²) < 4.78 is 2.45. The van der Waals surface area contributed by atoms with Gasteiger partial charge in [-0.25, -0.2) is 0 Å². The van der Waals surface area contributed by atoms with Gasteiger partial charge in [-0.2, -0.15) is 0 Å². The Kier molecular flexibility index (Phi) is 3.18. The minimum absolute atomic E-state index is 1.10. The number of rotatable bonds is 1. The van der Waals surface area contributed by atoms with Crippen molar-refractivity contribution in [3.8, 4) is 5.69 Å². The molecule has 0 N–H and O–H groups in total. The van der Waals surface area contributed by atoms with Crippen LogP contribution in [-0.4, -0.2) is 9.55 Å². The van der Waals surface area contributed by atoms with Crippen molar-refractivity contribution in [3.63, 3.8) is 0 Å². The van der Waals surface area contributed by atoms with Gasteiger partial charge in [0, 0.05) is 22.4 Å². The summed E-state index contributed by atoms with van der Waals surface area (Å²) in [7, 11) is 0. The third-order valence-corrected chi connectivity index (χ3v) is 6.28. The van der Waals surface area contributed by atoms with E-state index in [9.17, 15) is 0 Å². The molecule has 2 aromatic heterocycles. The van der Waals surface area contributed by atoms with Gasteiger partial charge in [0.2, 0.25) is 0 Å². The van der Waals surface area contributed by atoms with Crippen molar-refractivity contribution < 1.29 is 0 Å². The number of hydrogen-bond acceptors (Lipinski definition) is 1. The molecule has 0 fully saturated rings. The van der Waals surface area contributed by atoms with E-state index in [1.54, 1.807) is 0 Å². The number of fused-ring (bicyclic) bond motifs is 3. The van der Waals surface area contributed by atoms with Gasteiger partial charge in [0.05, 0.1) is 22.2 Å². The molecule has 29 heavy (non-hydrogen) atoms. The highest BCUT2D eigenvalue weighted by Gasteiger charge is 2.21. The van der Waals surface area contributed by atoms with E-state index >= 15 is 0 Å². The van der Waals surface area contributed by atoms with Gasteiger partial charge < -0.3 is 4.57 Å². The van der Waals surface area contributed by atoms with Crippen LogP contribution in [0.2, 0.25) is 0 Å². The molecule has 140 valence electrons. The highest BCUT2D eigenvalue weighted by atomic mass is 15.0. The van der Waals surface area contributed by atoms with Crippen LogP contribution >= 0.6 is 0 Å². The smallest absolute Gasteiger partial charge is 0.0808 e. The molecule has 0 spiro atoms. The monoisotopic (exact) mass is 374 g/mol. The molecule has 0 saturated carbocycles. The van der Waals surface area contributed by atoms with Crippen molar-refractivity contribution in [2.45, 2.75) is 27.7 Å². The van der Waals surface area contributed by atoms with E-state index in [1.165, 1.54) is 65.9 Å². The Balaban J connectivity index is 1.94. The molecular formula is C27H22N2. The normalized spacial score (nSPS) is 12.1. The zero-order chi connectivity index (χ0) is 19.9. The number of aromatic nitrogens is 2. The topological polar surface area (TPSA) is 17.8 Å². The van der Waals surface area contributed by atoms with Crippen LogP contribution in [0.5, 0.6) is 0 Å². The molecule has 2 nitrogen and oxygen atoms in total. The van der Waals surface area contributed by atoms with E-state index in [2.05, 4.69) is 86.9 Å². The zero-order valence-electron chi connectivity index (χ0n) is 17.2. The molecule has 0 atom stereocenters. The first-order chi connectivity index (χ1) is 14.0. The average Bonchev–Trinajstić information content (AvgIpc) is 3.02. The molecule has 0 amide bonds. The number of pyridine rings is 1. The molecule has 0 aliphatic rings. The van der Waals surface area contributed by atoms with Gasteiger partial charge in [-0.15, -0.1) is 0 Å². The van der Waals surface area contributed by atoms with Gasteiger partial charge in [0.15, 0.2) is 0 Å². The van der Waals surface area contributed by atoms with Crippen molar-refractivity contribution >= 4 is 43.5 Å². The highest BCUT2D eigenvalue weighted by Crippen LogP contribution is 2.43. The summed E-state index contributed by atoms with van der Waals surface area (Å²) in [5.41, 5.74) is 10.1. The van der Waals surface area contributed by atoms with E-state index in [-0.39, 0.29) is 0 Å². The van der Waals surface area contributed by atoms with Crippen LogP contribution in [0.15, 0.2) is 60.8 Å². The quantitative estimate of drug-likeness (QED) is 0.279. The van der Waals surface area contributed by atoms with Crippen molar-refractivity contribution in [2.75, 3.05) is 0 Å². The molecule has 4 aromatic carbocycles. The summed E-state index contributed by atoms with van der Waals surface area (Å²) in [6, 6.07) is 20.2. The second kappa shape index (κ2) is 5.57. The second-order valence-corrected chi connectivity index (χ2v) is 8.39. The van der Waals surface area contributed by atoms with Gasteiger partial charge in [0.1, 0.15) is 0 Å². The van der Waals surface area contributed by atoms with Gasteiger partial charge in [-0.05, 0) is 61.7 Å². The lowest BCUT2D eigenvalue weighted by Gasteiger charge is -2.15. The summed E-state index contributed by atoms with van der Waals surface area (Å²) in [5, 5.41) is 6.43. The Morgan fingerprint density at radius 2 is 1.41 bits per heavy atom. The predicted molar refractivity (Wildman–Crippen MR) is 124 cm³/mol. The fourth-order valence-corrected chi connectivity index (χ4v) is 5.29. The van der Waals surface area contributed by atoms with E-state index in [4.69, 9.17) is 4.98 Å². The molecule has 0 radical (unpaired) electrons. The summed E-state index contributed by atoms with van der Waals surface area (Å²) >= 11 is 0. The molecule has 0 unspecified atom stereocenters. The number of benzene rings is 4. The van der Waals surface area contributed by atoms with Crippen LogP contribution < -0.4 is 0 Å². The predicted octanol–water partition coefficient (Wildman–Crippen LogP) is 7.16. The van der Waals surface area contributed by atoms with E-state index in [1.807, 2.05) is 6.20 Å².